The van der Waals surface area contributed by atoms with Gasteiger partial charge in [0.1, 0.15) is 0 Å². The van der Waals surface area contributed by atoms with E-state index in [0.29, 0.717) is 6.04 Å². The minimum absolute atomic E-state index is 0.0335. The number of hydrogen-bond acceptors (Lipinski definition) is 3. The minimum atomic E-state index is 0.0335. The number of piperidine rings is 1. The van der Waals surface area contributed by atoms with E-state index in [0.717, 1.165) is 45.4 Å². The molecule has 1 fully saturated rings. The Morgan fingerprint density at radius 2 is 2.24 bits per heavy atom. The maximum absolute atomic E-state index is 12.2. The summed E-state index contributed by atoms with van der Waals surface area (Å²) < 4.78 is 5.02. The molecule has 0 bridgehead atoms. The molecule has 100 valence electrons. The molecule has 1 heterocycles. The molecule has 4 heteroatoms. The number of hydrogen-bond donors (Lipinski definition) is 1. The second-order valence-corrected chi connectivity index (χ2v) is 5.04. The fourth-order valence-electron chi connectivity index (χ4n) is 2.27. The fourth-order valence-corrected chi connectivity index (χ4v) is 2.27. The lowest BCUT2D eigenvalue weighted by molar-refractivity contribution is -0.136. The van der Waals surface area contributed by atoms with E-state index in [2.05, 4.69) is 19.2 Å². The molecule has 0 aromatic carbocycles. The van der Waals surface area contributed by atoms with Crippen LogP contribution in [-0.4, -0.2) is 49.7 Å². The summed E-state index contributed by atoms with van der Waals surface area (Å²) in [6.07, 6.45) is 4.16. The third-order valence-electron chi connectivity index (χ3n) is 3.09. The topological polar surface area (TPSA) is 41.6 Å². The number of unbranched alkanes of at least 4 members (excludes halogenated alkanes) is 1. The Bertz CT molecular complexity index is 231. The maximum atomic E-state index is 12.2. The number of nitrogens with zero attached hydrogens (tertiary/aromatic N) is 1. The van der Waals surface area contributed by atoms with Gasteiger partial charge in [0, 0.05) is 32.8 Å². The second kappa shape index (κ2) is 7.67. The van der Waals surface area contributed by atoms with Gasteiger partial charge in [-0.05, 0) is 25.7 Å². The summed E-state index contributed by atoms with van der Waals surface area (Å²) in [7, 11) is 1.72. The van der Waals surface area contributed by atoms with Gasteiger partial charge in [0.15, 0.2) is 0 Å². The van der Waals surface area contributed by atoms with Gasteiger partial charge in [0.2, 0.25) is 5.91 Å². The van der Waals surface area contributed by atoms with E-state index >= 15 is 0 Å². The summed E-state index contributed by atoms with van der Waals surface area (Å²) in [6, 6.07) is 0.406. The molecule has 0 saturated carbocycles. The molecule has 0 spiro atoms. The molecule has 4 nitrogen and oxygen atoms in total. The average molecular weight is 242 g/mol. The Hall–Kier alpha value is -0.610. The van der Waals surface area contributed by atoms with Crippen molar-refractivity contribution >= 4 is 5.91 Å². The van der Waals surface area contributed by atoms with Gasteiger partial charge in [-0.1, -0.05) is 13.8 Å². The monoisotopic (exact) mass is 242 g/mol. The zero-order valence-electron chi connectivity index (χ0n) is 11.4. The summed E-state index contributed by atoms with van der Waals surface area (Å²) in [5.74, 6) is 0.280. The second-order valence-electron chi connectivity index (χ2n) is 5.04. The Balaban J connectivity index is 2.31. The predicted octanol–water partition coefficient (Wildman–Crippen LogP) is 1.40. The van der Waals surface area contributed by atoms with Crippen molar-refractivity contribution in [3.8, 4) is 0 Å². The van der Waals surface area contributed by atoms with Crippen molar-refractivity contribution in [3.63, 3.8) is 0 Å². The number of amides is 1. The van der Waals surface area contributed by atoms with Crippen LogP contribution in [0.3, 0.4) is 0 Å². The molecule has 1 aliphatic rings. The Morgan fingerprint density at radius 1 is 1.47 bits per heavy atom. The molecule has 0 aliphatic carbocycles. The predicted molar refractivity (Wildman–Crippen MR) is 69.0 cm³/mol. The number of rotatable bonds is 7. The summed E-state index contributed by atoms with van der Waals surface area (Å²) in [5.41, 5.74) is 0. The Morgan fingerprint density at radius 3 is 2.88 bits per heavy atom. The number of carbonyl (C=O) groups excluding carboxylic acids is 1. The first-order valence-corrected chi connectivity index (χ1v) is 6.69. The lowest BCUT2D eigenvalue weighted by Gasteiger charge is -2.33. The van der Waals surface area contributed by atoms with Crippen LogP contribution in [0.2, 0.25) is 0 Å². The highest BCUT2D eigenvalue weighted by Gasteiger charge is 2.28. The zero-order valence-corrected chi connectivity index (χ0v) is 11.4. The molecule has 1 saturated heterocycles. The largest absolute Gasteiger partial charge is 0.385 e. The quantitative estimate of drug-likeness (QED) is 0.686. The molecule has 1 unspecified atom stereocenters. The van der Waals surface area contributed by atoms with E-state index in [9.17, 15) is 4.79 Å². The normalized spacial score (nSPS) is 21.3. The highest BCUT2D eigenvalue weighted by atomic mass is 16.5. The smallest absolute Gasteiger partial charge is 0.239 e. The molecule has 1 rings (SSSR count). The lowest BCUT2D eigenvalue weighted by Crippen LogP contribution is -2.52. The first-order chi connectivity index (χ1) is 8.15. The van der Waals surface area contributed by atoms with Gasteiger partial charge < -0.3 is 15.0 Å². The summed E-state index contributed by atoms with van der Waals surface area (Å²) in [5, 5.41) is 3.35. The number of carbonyl (C=O) groups is 1. The van der Waals surface area contributed by atoms with Gasteiger partial charge in [-0.15, -0.1) is 0 Å². The number of likely N-dealkylation sites (tertiary alicyclic amines) is 1. The molecule has 0 aromatic heterocycles. The van der Waals surface area contributed by atoms with E-state index in [-0.39, 0.29) is 11.9 Å². The van der Waals surface area contributed by atoms with Crippen molar-refractivity contribution in [3.05, 3.63) is 0 Å². The van der Waals surface area contributed by atoms with Gasteiger partial charge in [0.05, 0.1) is 6.04 Å². The van der Waals surface area contributed by atoms with Crippen LogP contribution in [0, 0.1) is 0 Å². The van der Waals surface area contributed by atoms with E-state index in [1.54, 1.807) is 7.11 Å². The Labute approximate surface area is 105 Å². The highest BCUT2D eigenvalue weighted by molar-refractivity contribution is 5.82. The fraction of sp³-hybridized carbons (Fsp3) is 0.923. The SMILES string of the molecule is COCCCCN1CCCC(NC(C)C)C1=O. The third kappa shape index (κ3) is 5.04. The van der Waals surface area contributed by atoms with Gasteiger partial charge in [-0.3, -0.25) is 4.79 Å². The number of ether oxygens (including phenoxy) is 1. The first-order valence-electron chi connectivity index (χ1n) is 6.69. The zero-order chi connectivity index (χ0) is 12.7. The van der Waals surface area contributed by atoms with Gasteiger partial charge in [-0.25, -0.2) is 0 Å². The van der Waals surface area contributed by atoms with E-state index in [4.69, 9.17) is 4.74 Å². The van der Waals surface area contributed by atoms with Crippen molar-refractivity contribution in [2.75, 3.05) is 26.8 Å². The summed E-state index contributed by atoms with van der Waals surface area (Å²) in [6.45, 7) is 6.76. The van der Waals surface area contributed by atoms with Crippen LogP contribution in [0.15, 0.2) is 0 Å². The molecule has 1 amide bonds. The molecule has 0 aromatic rings. The van der Waals surface area contributed by atoms with Crippen LogP contribution in [-0.2, 0) is 9.53 Å². The van der Waals surface area contributed by atoms with E-state index in [1.807, 2.05) is 4.90 Å². The van der Waals surface area contributed by atoms with E-state index < -0.39 is 0 Å². The van der Waals surface area contributed by atoms with Gasteiger partial charge in [-0.2, -0.15) is 0 Å². The Kier molecular flexibility index (Phi) is 6.52. The van der Waals surface area contributed by atoms with Crippen molar-refractivity contribution in [1.82, 2.24) is 10.2 Å². The number of nitrogens with one attached hydrogen (secondary N) is 1. The van der Waals surface area contributed by atoms with Crippen LogP contribution in [0.4, 0.5) is 0 Å². The average Bonchev–Trinajstić information content (AvgIpc) is 2.28. The molecule has 1 N–H and O–H groups in total. The van der Waals surface area contributed by atoms with Crippen LogP contribution in [0.25, 0.3) is 0 Å². The van der Waals surface area contributed by atoms with Crippen LogP contribution < -0.4 is 5.32 Å². The van der Waals surface area contributed by atoms with Crippen molar-refractivity contribution < 1.29 is 9.53 Å². The van der Waals surface area contributed by atoms with Crippen molar-refractivity contribution in [1.29, 1.82) is 0 Å². The molecular formula is C13H26N2O2. The summed E-state index contributed by atoms with van der Waals surface area (Å²) in [4.78, 5) is 14.2. The van der Waals surface area contributed by atoms with Crippen LogP contribution in [0.5, 0.6) is 0 Å². The molecule has 0 radical (unpaired) electrons. The van der Waals surface area contributed by atoms with Crippen molar-refractivity contribution in [2.45, 2.75) is 51.6 Å². The third-order valence-corrected chi connectivity index (χ3v) is 3.09. The maximum Gasteiger partial charge on any atom is 0.239 e. The van der Waals surface area contributed by atoms with Gasteiger partial charge in [0.25, 0.3) is 0 Å². The van der Waals surface area contributed by atoms with Crippen LogP contribution >= 0.6 is 0 Å². The highest BCUT2D eigenvalue weighted by Crippen LogP contribution is 2.13. The summed E-state index contributed by atoms with van der Waals surface area (Å²) >= 11 is 0. The molecule has 17 heavy (non-hydrogen) atoms. The number of methoxy groups -OCH3 is 1. The molecule has 1 atom stereocenters. The first kappa shape index (κ1) is 14.5. The van der Waals surface area contributed by atoms with Gasteiger partial charge >= 0.3 is 0 Å². The van der Waals surface area contributed by atoms with E-state index in [1.165, 1.54) is 0 Å². The van der Waals surface area contributed by atoms with Crippen LogP contribution in [0.1, 0.15) is 39.5 Å². The standard InChI is InChI=1S/C13H26N2O2/c1-11(2)14-12-7-6-9-15(13(12)16)8-4-5-10-17-3/h11-12,14H,4-10H2,1-3H3. The van der Waals surface area contributed by atoms with Crippen molar-refractivity contribution in [2.24, 2.45) is 0 Å². The lowest BCUT2D eigenvalue weighted by atomic mass is 10.0. The molecular weight excluding hydrogens is 216 g/mol. The minimum Gasteiger partial charge on any atom is -0.385 e. The molecule has 1 aliphatic heterocycles.